The molecular weight excluding hydrogens is 360 g/mol. The van der Waals surface area contributed by atoms with Crippen LogP contribution in [0, 0.1) is 6.92 Å². The van der Waals surface area contributed by atoms with Crippen LogP contribution in [0.4, 0.5) is 0 Å². The van der Waals surface area contributed by atoms with Crippen LogP contribution < -0.4 is 4.74 Å². The van der Waals surface area contributed by atoms with Gasteiger partial charge in [-0.25, -0.2) is 0 Å². The van der Waals surface area contributed by atoms with Gasteiger partial charge in [-0.05, 0) is 53.6 Å². The predicted molar refractivity (Wildman–Crippen MR) is 117 cm³/mol. The molecule has 0 bridgehead atoms. The first-order valence-corrected chi connectivity index (χ1v) is 9.90. The highest BCUT2D eigenvalue weighted by molar-refractivity contribution is 5.76. The van der Waals surface area contributed by atoms with Crippen LogP contribution in [0.5, 0.6) is 11.5 Å². The van der Waals surface area contributed by atoms with Crippen molar-refractivity contribution in [2.24, 2.45) is 0 Å². The number of aryl methyl sites for hydroxylation is 1. The fourth-order valence-electron chi connectivity index (χ4n) is 3.42. The Kier molecular flexibility index (Phi) is 6.07. The Labute approximate surface area is 173 Å². The molecule has 29 heavy (non-hydrogen) atoms. The lowest BCUT2D eigenvalue weighted by molar-refractivity contribution is -0.138. The number of carboxylic acids is 1. The number of hydrogen-bond donors (Lipinski definition) is 1. The Morgan fingerprint density at radius 3 is 2.21 bits per heavy atom. The van der Waals surface area contributed by atoms with Gasteiger partial charge >= 0.3 is 5.97 Å². The fourth-order valence-corrected chi connectivity index (χ4v) is 3.42. The molecule has 0 amide bonds. The molecule has 1 atom stereocenters. The zero-order chi connectivity index (χ0) is 21.0. The Bertz CT molecular complexity index is 967. The van der Waals surface area contributed by atoms with Gasteiger partial charge in [-0.2, -0.15) is 0 Å². The minimum Gasteiger partial charge on any atom is -0.481 e. The van der Waals surface area contributed by atoms with E-state index in [1.165, 1.54) is 0 Å². The van der Waals surface area contributed by atoms with Crippen LogP contribution in [0.3, 0.4) is 0 Å². The summed E-state index contributed by atoms with van der Waals surface area (Å²) < 4.78 is 6.19. The van der Waals surface area contributed by atoms with E-state index in [1.807, 2.05) is 54.6 Å². The van der Waals surface area contributed by atoms with E-state index in [9.17, 15) is 9.90 Å². The lowest BCUT2D eigenvalue weighted by atomic mass is 9.86. The summed E-state index contributed by atoms with van der Waals surface area (Å²) in [7, 11) is 0. The average Bonchev–Trinajstić information content (AvgIpc) is 2.67. The summed E-state index contributed by atoms with van der Waals surface area (Å²) in [5.41, 5.74) is 4.07. The van der Waals surface area contributed by atoms with Gasteiger partial charge in [-0.1, -0.05) is 75.4 Å². The van der Waals surface area contributed by atoms with Crippen molar-refractivity contribution < 1.29 is 14.6 Å². The molecule has 3 rings (SSSR count). The van der Waals surface area contributed by atoms with Crippen molar-refractivity contribution in [2.75, 3.05) is 0 Å². The topological polar surface area (TPSA) is 46.5 Å². The second-order valence-electron chi connectivity index (χ2n) is 8.50. The van der Waals surface area contributed by atoms with Gasteiger partial charge in [-0.15, -0.1) is 0 Å². The standard InChI is InChI=1S/C26H28O3/c1-18-10-15-23(26(2,3)4)24(16-18)29-21-13-11-19(12-14-21)17-22(25(27)28)20-8-6-5-7-9-20/h5-16,22H,17H2,1-4H3,(H,27,28). The van der Waals surface area contributed by atoms with E-state index in [-0.39, 0.29) is 5.41 Å². The minimum atomic E-state index is -0.814. The van der Waals surface area contributed by atoms with E-state index in [0.29, 0.717) is 6.42 Å². The highest BCUT2D eigenvalue weighted by Crippen LogP contribution is 2.35. The largest absolute Gasteiger partial charge is 0.481 e. The van der Waals surface area contributed by atoms with Crippen molar-refractivity contribution >= 4 is 5.97 Å². The van der Waals surface area contributed by atoms with Gasteiger partial charge in [0.1, 0.15) is 11.5 Å². The third-order valence-electron chi connectivity index (χ3n) is 5.04. The number of hydrogen-bond acceptors (Lipinski definition) is 2. The monoisotopic (exact) mass is 388 g/mol. The molecule has 0 aromatic heterocycles. The molecule has 0 spiro atoms. The van der Waals surface area contributed by atoms with Crippen LogP contribution in [-0.4, -0.2) is 11.1 Å². The maximum Gasteiger partial charge on any atom is 0.311 e. The number of aliphatic carboxylic acids is 1. The summed E-state index contributed by atoms with van der Waals surface area (Å²) >= 11 is 0. The molecule has 0 heterocycles. The van der Waals surface area contributed by atoms with Crippen LogP contribution >= 0.6 is 0 Å². The number of carbonyl (C=O) groups is 1. The third-order valence-corrected chi connectivity index (χ3v) is 5.04. The zero-order valence-corrected chi connectivity index (χ0v) is 17.5. The van der Waals surface area contributed by atoms with Gasteiger partial charge in [0.2, 0.25) is 0 Å². The van der Waals surface area contributed by atoms with Gasteiger partial charge in [-0.3, -0.25) is 4.79 Å². The van der Waals surface area contributed by atoms with E-state index in [2.05, 4.69) is 45.9 Å². The SMILES string of the molecule is Cc1ccc(C(C)(C)C)c(Oc2ccc(CC(C(=O)O)c3ccccc3)cc2)c1. The van der Waals surface area contributed by atoms with Crippen LogP contribution in [0.25, 0.3) is 0 Å². The molecule has 3 heteroatoms. The Hall–Kier alpha value is -3.07. The summed E-state index contributed by atoms with van der Waals surface area (Å²) in [6.45, 7) is 8.56. The van der Waals surface area contributed by atoms with Gasteiger partial charge in [0.25, 0.3) is 0 Å². The van der Waals surface area contributed by atoms with Crippen LogP contribution in [-0.2, 0) is 16.6 Å². The highest BCUT2D eigenvalue weighted by atomic mass is 16.5. The quantitative estimate of drug-likeness (QED) is 0.524. The molecule has 3 aromatic rings. The smallest absolute Gasteiger partial charge is 0.311 e. The lowest BCUT2D eigenvalue weighted by Crippen LogP contribution is -2.14. The Balaban J connectivity index is 1.79. The fraction of sp³-hybridized carbons (Fsp3) is 0.269. The molecule has 150 valence electrons. The van der Waals surface area contributed by atoms with Crippen molar-refractivity contribution in [3.05, 3.63) is 95.1 Å². The van der Waals surface area contributed by atoms with Crippen molar-refractivity contribution in [3.8, 4) is 11.5 Å². The molecule has 0 aliphatic carbocycles. The number of rotatable bonds is 6. The lowest BCUT2D eigenvalue weighted by Gasteiger charge is -2.23. The first-order chi connectivity index (χ1) is 13.7. The second kappa shape index (κ2) is 8.52. The molecule has 3 aromatic carbocycles. The van der Waals surface area contributed by atoms with Gasteiger partial charge in [0.15, 0.2) is 0 Å². The summed E-state index contributed by atoms with van der Waals surface area (Å²) in [6, 6.07) is 23.4. The van der Waals surface area contributed by atoms with Gasteiger partial charge in [0, 0.05) is 5.56 Å². The molecule has 0 fully saturated rings. The Morgan fingerprint density at radius 2 is 1.62 bits per heavy atom. The first-order valence-electron chi connectivity index (χ1n) is 9.90. The first kappa shape index (κ1) is 20.7. The molecule has 1 unspecified atom stereocenters. The van der Waals surface area contributed by atoms with E-state index in [4.69, 9.17) is 4.74 Å². The van der Waals surface area contributed by atoms with E-state index < -0.39 is 11.9 Å². The molecule has 1 N–H and O–H groups in total. The summed E-state index contributed by atoms with van der Waals surface area (Å²) in [5, 5.41) is 9.65. The maximum atomic E-state index is 11.8. The van der Waals surface area contributed by atoms with Crippen LogP contribution in [0.15, 0.2) is 72.8 Å². The summed E-state index contributed by atoms with van der Waals surface area (Å²) in [5.74, 6) is 0.229. The number of benzene rings is 3. The maximum absolute atomic E-state index is 11.8. The zero-order valence-electron chi connectivity index (χ0n) is 17.5. The second-order valence-corrected chi connectivity index (χ2v) is 8.50. The van der Waals surface area contributed by atoms with Gasteiger partial charge < -0.3 is 9.84 Å². The molecule has 0 radical (unpaired) electrons. The molecule has 3 nitrogen and oxygen atoms in total. The van der Waals surface area contributed by atoms with Crippen molar-refractivity contribution in [3.63, 3.8) is 0 Å². The van der Waals surface area contributed by atoms with Crippen LogP contribution in [0.1, 0.15) is 48.9 Å². The summed E-state index contributed by atoms with van der Waals surface area (Å²) in [4.78, 5) is 11.8. The van der Waals surface area contributed by atoms with E-state index >= 15 is 0 Å². The van der Waals surface area contributed by atoms with Crippen molar-refractivity contribution in [1.29, 1.82) is 0 Å². The van der Waals surface area contributed by atoms with E-state index in [0.717, 1.165) is 33.8 Å². The molecular formula is C26H28O3. The molecule has 0 aliphatic rings. The average molecular weight is 389 g/mol. The van der Waals surface area contributed by atoms with Gasteiger partial charge in [0.05, 0.1) is 5.92 Å². The third kappa shape index (κ3) is 5.26. The summed E-state index contributed by atoms with van der Waals surface area (Å²) in [6.07, 6.45) is 0.442. The Morgan fingerprint density at radius 1 is 0.966 bits per heavy atom. The predicted octanol–water partition coefficient (Wildman–Crippen LogP) is 6.50. The molecule has 0 saturated carbocycles. The van der Waals surface area contributed by atoms with Crippen molar-refractivity contribution in [2.45, 2.75) is 45.4 Å². The number of ether oxygens (including phenoxy) is 1. The highest BCUT2D eigenvalue weighted by Gasteiger charge is 2.21. The normalized spacial score (nSPS) is 12.4. The van der Waals surface area contributed by atoms with Crippen molar-refractivity contribution in [1.82, 2.24) is 0 Å². The number of carboxylic acid groups (broad SMARTS) is 1. The van der Waals surface area contributed by atoms with E-state index in [1.54, 1.807) is 0 Å². The van der Waals surface area contributed by atoms with Crippen LogP contribution in [0.2, 0.25) is 0 Å². The minimum absolute atomic E-state index is 0.0205. The molecule has 0 saturated heterocycles. The molecule has 0 aliphatic heterocycles.